The molecule has 1 aromatic carbocycles. The number of likely N-dealkylation sites (N-methyl/N-ethyl adjacent to an activating group) is 1. The van der Waals surface area contributed by atoms with Crippen LogP contribution < -0.4 is 9.47 Å². The molecular formula is C18H27N3O4. The van der Waals surface area contributed by atoms with Crippen LogP contribution in [-0.4, -0.2) is 79.6 Å². The molecule has 0 spiro atoms. The third-order valence-electron chi connectivity index (χ3n) is 4.34. The van der Waals surface area contributed by atoms with Gasteiger partial charge in [0.05, 0.1) is 13.7 Å². The molecular weight excluding hydrogens is 322 g/mol. The van der Waals surface area contributed by atoms with E-state index in [4.69, 9.17) is 9.47 Å². The average molecular weight is 349 g/mol. The summed E-state index contributed by atoms with van der Waals surface area (Å²) in [7, 11) is 1.60. The minimum absolute atomic E-state index is 0.00525. The standard InChI is InChI=1S/C18H27N3O4/c1-4-19(13-14-25-17-8-6-5-7-16(17)24-3)18(23)21-11-9-20(10-12-21)15(2)22/h5-8H,4,9-14H2,1-3H3. The first-order chi connectivity index (χ1) is 12.1. The van der Waals surface area contributed by atoms with Gasteiger partial charge in [-0.1, -0.05) is 12.1 Å². The zero-order chi connectivity index (χ0) is 18.2. The molecule has 0 unspecified atom stereocenters. The van der Waals surface area contributed by atoms with Crippen LogP contribution in [0.5, 0.6) is 11.5 Å². The number of benzene rings is 1. The molecule has 25 heavy (non-hydrogen) atoms. The Kier molecular flexibility index (Phi) is 6.91. The number of hydrogen-bond donors (Lipinski definition) is 0. The van der Waals surface area contributed by atoms with Crippen molar-refractivity contribution in [2.75, 3.05) is 53.0 Å². The molecule has 1 aliphatic rings. The smallest absolute Gasteiger partial charge is 0.320 e. The summed E-state index contributed by atoms with van der Waals surface area (Å²) in [6.45, 7) is 7.35. The Bertz CT molecular complexity index is 585. The number of urea groups is 1. The summed E-state index contributed by atoms with van der Waals surface area (Å²) in [4.78, 5) is 29.3. The molecule has 0 aromatic heterocycles. The number of amides is 3. The van der Waals surface area contributed by atoms with Crippen LogP contribution in [0.3, 0.4) is 0 Å². The zero-order valence-corrected chi connectivity index (χ0v) is 15.2. The number of nitrogens with zero attached hydrogens (tertiary/aromatic N) is 3. The van der Waals surface area contributed by atoms with Gasteiger partial charge in [-0.05, 0) is 19.1 Å². The predicted octanol–water partition coefficient (Wildman–Crippen LogP) is 1.68. The predicted molar refractivity (Wildman–Crippen MR) is 95.0 cm³/mol. The lowest BCUT2D eigenvalue weighted by Gasteiger charge is -2.37. The Balaban J connectivity index is 1.83. The van der Waals surface area contributed by atoms with Crippen LogP contribution in [0.25, 0.3) is 0 Å². The fourth-order valence-corrected chi connectivity index (χ4v) is 2.81. The Hall–Kier alpha value is -2.44. The third kappa shape index (κ3) is 5.01. The summed E-state index contributed by atoms with van der Waals surface area (Å²) in [5.74, 6) is 1.41. The van der Waals surface area contributed by atoms with Gasteiger partial charge in [0.15, 0.2) is 11.5 Å². The molecule has 1 saturated heterocycles. The molecule has 0 bridgehead atoms. The van der Waals surface area contributed by atoms with Crippen LogP contribution >= 0.6 is 0 Å². The highest BCUT2D eigenvalue weighted by atomic mass is 16.5. The molecule has 1 aromatic rings. The number of hydrogen-bond acceptors (Lipinski definition) is 4. The largest absolute Gasteiger partial charge is 0.493 e. The zero-order valence-electron chi connectivity index (χ0n) is 15.2. The quantitative estimate of drug-likeness (QED) is 0.784. The van der Waals surface area contributed by atoms with Gasteiger partial charge in [0, 0.05) is 39.6 Å². The van der Waals surface area contributed by atoms with Crippen LogP contribution in [0.2, 0.25) is 0 Å². The van der Waals surface area contributed by atoms with Crippen molar-refractivity contribution < 1.29 is 19.1 Å². The molecule has 7 heteroatoms. The molecule has 2 rings (SSSR count). The Morgan fingerprint density at radius 1 is 1.08 bits per heavy atom. The van der Waals surface area contributed by atoms with Gasteiger partial charge in [0.25, 0.3) is 0 Å². The van der Waals surface area contributed by atoms with E-state index >= 15 is 0 Å². The molecule has 3 amide bonds. The minimum Gasteiger partial charge on any atom is -0.493 e. The summed E-state index contributed by atoms with van der Waals surface area (Å²) < 4.78 is 11.0. The number of piperazine rings is 1. The first-order valence-electron chi connectivity index (χ1n) is 8.62. The first kappa shape index (κ1) is 18.9. The van der Waals surface area contributed by atoms with Gasteiger partial charge < -0.3 is 24.2 Å². The van der Waals surface area contributed by atoms with Crippen LogP contribution in [0.4, 0.5) is 4.79 Å². The van der Waals surface area contributed by atoms with Crippen molar-refractivity contribution in [1.82, 2.24) is 14.7 Å². The lowest BCUT2D eigenvalue weighted by molar-refractivity contribution is -0.130. The van der Waals surface area contributed by atoms with Gasteiger partial charge in [-0.2, -0.15) is 0 Å². The van der Waals surface area contributed by atoms with Gasteiger partial charge in [0.2, 0.25) is 5.91 Å². The van der Waals surface area contributed by atoms with E-state index in [0.29, 0.717) is 57.4 Å². The summed E-state index contributed by atoms with van der Waals surface area (Å²) >= 11 is 0. The van der Waals surface area contributed by atoms with E-state index in [0.717, 1.165) is 0 Å². The number of carbonyl (C=O) groups excluding carboxylic acids is 2. The highest BCUT2D eigenvalue weighted by molar-refractivity contribution is 5.76. The van der Waals surface area contributed by atoms with E-state index in [9.17, 15) is 9.59 Å². The van der Waals surface area contributed by atoms with Gasteiger partial charge in [-0.25, -0.2) is 4.79 Å². The molecule has 1 fully saturated rings. The number of ether oxygens (including phenoxy) is 2. The summed E-state index contributed by atoms with van der Waals surface area (Å²) in [6.07, 6.45) is 0. The van der Waals surface area contributed by atoms with E-state index in [2.05, 4.69) is 0 Å². The van der Waals surface area contributed by atoms with E-state index in [1.165, 1.54) is 0 Å². The molecule has 138 valence electrons. The summed E-state index contributed by atoms with van der Waals surface area (Å²) in [6, 6.07) is 7.45. The third-order valence-corrected chi connectivity index (χ3v) is 4.34. The highest BCUT2D eigenvalue weighted by Crippen LogP contribution is 2.25. The van der Waals surface area contributed by atoms with Crippen LogP contribution in [0, 0.1) is 0 Å². The first-order valence-corrected chi connectivity index (χ1v) is 8.62. The van der Waals surface area contributed by atoms with Crippen LogP contribution in [0.1, 0.15) is 13.8 Å². The second-order valence-electron chi connectivity index (χ2n) is 5.85. The number of methoxy groups -OCH3 is 1. The van der Waals surface area contributed by atoms with Crippen molar-refractivity contribution in [3.63, 3.8) is 0 Å². The lowest BCUT2D eigenvalue weighted by Crippen LogP contribution is -2.54. The molecule has 0 saturated carbocycles. The van der Waals surface area contributed by atoms with Crippen molar-refractivity contribution in [3.05, 3.63) is 24.3 Å². The Morgan fingerprint density at radius 2 is 1.68 bits per heavy atom. The fraction of sp³-hybridized carbons (Fsp3) is 0.556. The lowest BCUT2D eigenvalue weighted by atomic mass is 10.3. The van der Waals surface area contributed by atoms with E-state index in [1.807, 2.05) is 31.2 Å². The maximum atomic E-state index is 12.6. The van der Waals surface area contributed by atoms with Crippen molar-refractivity contribution >= 4 is 11.9 Å². The van der Waals surface area contributed by atoms with E-state index in [-0.39, 0.29) is 11.9 Å². The molecule has 7 nitrogen and oxygen atoms in total. The van der Waals surface area contributed by atoms with Gasteiger partial charge in [0.1, 0.15) is 6.61 Å². The van der Waals surface area contributed by atoms with Gasteiger partial charge >= 0.3 is 6.03 Å². The number of rotatable bonds is 6. The normalized spacial score (nSPS) is 14.2. The molecule has 0 radical (unpaired) electrons. The maximum absolute atomic E-state index is 12.6. The minimum atomic E-state index is -0.00525. The van der Waals surface area contributed by atoms with E-state index in [1.54, 1.807) is 28.7 Å². The molecule has 1 aliphatic heterocycles. The Labute approximate surface area is 149 Å². The van der Waals surface area contributed by atoms with Crippen molar-refractivity contribution in [1.29, 1.82) is 0 Å². The van der Waals surface area contributed by atoms with Gasteiger partial charge in [-0.3, -0.25) is 4.79 Å². The summed E-state index contributed by atoms with van der Waals surface area (Å²) in [5.41, 5.74) is 0. The maximum Gasteiger partial charge on any atom is 0.320 e. The number of carbonyl (C=O) groups is 2. The highest BCUT2D eigenvalue weighted by Gasteiger charge is 2.25. The van der Waals surface area contributed by atoms with Gasteiger partial charge in [-0.15, -0.1) is 0 Å². The van der Waals surface area contributed by atoms with Crippen molar-refractivity contribution in [2.24, 2.45) is 0 Å². The van der Waals surface area contributed by atoms with Crippen molar-refractivity contribution in [2.45, 2.75) is 13.8 Å². The SMILES string of the molecule is CCN(CCOc1ccccc1OC)C(=O)N1CCN(C(C)=O)CC1. The fourth-order valence-electron chi connectivity index (χ4n) is 2.81. The van der Waals surface area contributed by atoms with E-state index < -0.39 is 0 Å². The molecule has 1 heterocycles. The average Bonchev–Trinajstić information content (AvgIpc) is 2.65. The van der Waals surface area contributed by atoms with Crippen molar-refractivity contribution in [3.8, 4) is 11.5 Å². The Morgan fingerprint density at radius 3 is 2.24 bits per heavy atom. The second-order valence-corrected chi connectivity index (χ2v) is 5.85. The molecule has 0 N–H and O–H groups in total. The molecule has 0 aliphatic carbocycles. The topological polar surface area (TPSA) is 62.3 Å². The monoisotopic (exact) mass is 349 g/mol. The van der Waals surface area contributed by atoms with Crippen LogP contribution in [0.15, 0.2) is 24.3 Å². The molecule has 0 atom stereocenters. The number of para-hydroxylation sites is 2. The second kappa shape index (κ2) is 9.15. The van der Waals surface area contributed by atoms with Crippen LogP contribution in [-0.2, 0) is 4.79 Å². The summed E-state index contributed by atoms with van der Waals surface area (Å²) in [5, 5.41) is 0.